The molecule has 2 heterocycles. The van der Waals surface area contributed by atoms with Gasteiger partial charge in [0.2, 0.25) is 5.91 Å². The van der Waals surface area contributed by atoms with E-state index >= 15 is 0 Å². The van der Waals surface area contributed by atoms with E-state index in [1.807, 2.05) is 0 Å². The monoisotopic (exact) mass is 264 g/mol. The molecule has 0 aromatic rings. The first kappa shape index (κ1) is 14.7. The van der Waals surface area contributed by atoms with Gasteiger partial charge in [0.1, 0.15) is 0 Å². The van der Waals surface area contributed by atoms with E-state index < -0.39 is 0 Å². The molecule has 2 unspecified atom stereocenters. The highest BCUT2D eigenvalue weighted by molar-refractivity contribution is 5.85. The number of nitrogens with one attached hydrogen (secondary N) is 2. The van der Waals surface area contributed by atoms with Crippen LogP contribution in [0, 0.1) is 0 Å². The maximum atomic E-state index is 11.6. The van der Waals surface area contributed by atoms with Crippen LogP contribution in [0.4, 0.5) is 0 Å². The minimum absolute atomic E-state index is 0. The fourth-order valence-electron chi connectivity index (χ4n) is 2.11. The quantitative estimate of drug-likeness (QED) is 0.755. The third-order valence-electron chi connectivity index (χ3n) is 3.01. The molecule has 2 aliphatic rings. The third-order valence-corrected chi connectivity index (χ3v) is 3.01. The molecule has 1 amide bonds. The van der Waals surface area contributed by atoms with Gasteiger partial charge < -0.3 is 20.1 Å². The molecule has 2 fully saturated rings. The molecule has 17 heavy (non-hydrogen) atoms. The highest BCUT2D eigenvalue weighted by Gasteiger charge is 2.19. The van der Waals surface area contributed by atoms with Gasteiger partial charge in [0.15, 0.2) is 0 Å². The molecule has 0 bridgehead atoms. The van der Waals surface area contributed by atoms with Gasteiger partial charge in [-0.3, -0.25) is 4.79 Å². The molecule has 0 spiro atoms. The van der Waals surface area contributed by atoms with Crippen LogP contribution in [0.25, 0.3) is 0 Å². The van der Waals surface area contributed by atoms with Crippen molar-refractivity contribution in [2.45, 2.75) is 31.4 Å². The Balaban J connectivity index is 0.00000144. The van der Waals surface area contributed by atoms with Crippen LogP contribution in [-0.2, 0) is 14.3 Å². The molecule has 2 N–H and O–H groups in total. The molecule has 0 aromatic carbocycles. The van der Waals surface area contributed by atoms with E-state index in [9.17, 15) is 4.79 Å². The summed E-state index contributed by atoms with van der Waals surface area (Å²) in [6.45, 7) is 3.48. The van der Waals surface area contributed by atoms with Crippen molar-refractivity contribution in [3.05, 3.63) is 0 Å². The lowest BCUT2D eigenvalue weighted by Gasteiger charge is -2.23. The summed E-state index contributed by atoms with van der Waals surface area (Å²) >= 11 is 0. The molecule has 0 aliphatic carbocycles. The normalized spacial score (nSPS) is 28.5. The van der Waals surface area contributed by atoms with Crippen LogP contribution in [-0.4, -0.2) is 51.0 Å². The van der Waals surface area contributed by atoms with E-state index in [2.05, 4.69) is 10.6 Å². The number of carbonyl (C=O) groups excluding carboxylic acids is 1. The highest BCUT2D eigenvalue weighted by Crippen LogP contribution is 2.08. The SMILES string of the molecule is Cl.O=C(CC1CCCN1)NCC1COCCO1. The van der Waals surface area contributed by atoms with Crippen LogP contribution in [0.5, 0.6) is 0 Å². The zero-order chi connectivity index (χ0) is 11.2. The molecule has 0 saturated carbocycles. The summed E-state index contributed by atoms with van der Waals surface area (Å²) in [6.07, 6.45) is 2.89. The van der Waals surface area contributed by atoms with Gasteiger partial charge in [-0.1, -0.05) is 0 Å². The summed E-state index contributed by atoms with van der Waals surface area (Å²) in [5.74, 6) is 0.105. The molecular formula is C11H21ClN2O3. The summed E-state index contributed by atoms with van der Waals surface area (Å²) in [6, 6.07) is 0.364. The molecule has 2 aliphatic heterocycles. The fourth-order valence-corrected chi connectivity index (χ4v) is 2.11. The molecule has 100 valence electrons. The maximum Gasteiger partial charge on any atom is 0.221 e. The number of halogens is 1. The predicted octanol–water partition coefficient (Wildman–Crippen LogP) is 0.0819. The average Bonchev–Trinajstić information content (AvgIpc) is 2.81. The van der Waals surface area contributed by atoms with Gasteiger partial charge in [-0.15, -0.1) is 12.4 Å². The van der Waals surface area contributed by atoms with E-state index in [1.165, 1.54) is 6.42 Å². The van der Waals surface area contributed by atoms with Crippen molar-refractivity contribution in [2.24, 2.45) is 0 Å². The van der Waals surface area contributed by atoms with Crippen LogP contribution in [0.15, 0.2) is 0 Å². The van der Waals surface area contributed by atoms with E-state index in [0.717, 1.165) is 13.0 Å². The lowest BCUT2D eigenvalue weighted by molar-refractivity contribution is -0.124. The summed E-state index contributed by atoms with van der Waals surface area (Å²) in [7, 11) is 0. The topological polar surface area (TPSA) is 59.6 Å². The van der Waals surface area contributed by atoms with Gasteiger partial charge in [-0.05, 0) is 19.4 Å². The fraction of sp³-hybridized carbons (Fsp3) is 0.909. The van der Waals surface area contributed by atoms with Crippen molar-refractivity contribution < 1.29 is 14.3 Å². The van der Waals surface area contributed by atoms with Crippen molar-refractivity contribution >= 4 is 18.3 Å². The minimum atomic E-state index is 0. The summed E-state index contributed by atoms with van der Waals surface area (Å²) in [4.78, 5) is 11.6. The van der Waals surface area contributed by atoms with Crippen LogP contribution < -0.4 is 10.6 Å². The van der Waals surface area contributed by atoms with Gasteiger partial charge in [-0.2, -0.15) is 0 Å². The Morgan fingerprint density at radius 3 is 2.94 bits per heavy atom. The lowest BCUT2D eigenvalue weighted by Crippen LogP contribution is -2.41. The van der Waals surface area contributed by atoms with Crippen molar-refractivity contribution in [3.63, 3.8) is 0 Å². The second kappa shape index (κ2) is 7.87. The van der Waals surface area contributed by atoms with Crippen LogP contribution in [0.1, 0.15) is 19.3 Å². The Kier molecular flexibility index (Phi) is 6.80. The van der Waals surface area contributed by atoms with Crippen molar-refractivity contribution in [1.29, 1.82) is 0 Å². The van der Waals surface area contributed by atoms with Crippen LogP contribution in [0.2, 0.25) is 0 Å². The first-order valence-corrected chi connectivity index (χ1v) is 6.04. The molecular weight excluding hydrogens is 244 g/mol. The zero-order valence-corrected chi connectivity index (χ0v) is 10.8. The highest BCUT2D eigenvalue weighted by atomic mass is 35.5. The lowest BCUT2D eigenvalue weighted by atomic mass is 10.1. The largest absolute Gasteiger partial charge is 0.376 e. The summed E-state index contributed by atoms with van der Waals surface area (Å²) in [5, 5.41) is 6.20. The van der Waals surface area contributed by atoms with E-state index in [4.69, 9.17) is 9.47 Å². The molecule has 2 rings (SSSR count). The van der Waals surface area contributed by atoms with Gasteiger partial charge in [0.25, 0.3) is 0 Å². The van der Waals surface area contributed by atoms with Gasteiger partial charge in [-0.25, -0.2) is 0 Å². The zero-order valence-electron chi connectivity index (χ0n) is 9.94. The van der Waals surface area contributed by atoms with Crippen molar-refractivity contribution in [1.82, 2.24) is 10.6 Å². The van der Waals surface area contributed by atoms with Crippen LogP contribution in [0.3, 0.4) is 0 Å². The average molecular weight is 265 g/mol. The number of hydrogen-bond acceptors (Lipinski definition) is 4. The van der Waals surface area contributed by atoms with Gasteiger partial charge >= 0.3 is 0 Å². The Morgan fingerprint density at radius 2 is 2.29 bits per heavy atom. The van der Waals surface area contributed by atoms with Crippen LogP contribution >= 0.6 is 12.4 Å². The maximum absolute atomic E-state index is 11.6. The third kappa shape index (κ3) is 5.21. The summed E-state index contributed by atoms with van der Waals surface area (Å²) < 4.78 is 10.7. The molecule has 0 radical (unpaired) electrons. The number of rotatable bonds is 4. The molecule has 2 saturated heterocycles. The smallest absolute Gasteiger partial charge is 0.221 e. The predicted molar refractivity (Wildman–Crippen MR) is 66.5 cm³/mol. The number of ether oxygens (including phenoxy) is 2. The molecule has 5 nitrogen and oxygen atoms in total. The van der Waals surface area contributed by atoms with Gasteiger partial charge in [0, 0.05) is 19.0 Å². The first-order chi connectivity index (χ1) is 7.84. The summed E-state index contributed by atoms with van der Waals surface area (Å²) in [5.41, 5.74) is 0. The Hall–Kier alpha value is -0.360. The minimum Gasteiger partial charge on any atom is -0.376 e. The number of hydrogen-bond donors (Lipinski definition) is 2. The standard InChI is InChI=1S/C11H20N2O3.ClH/c14-11(6-9-2-1-3-12-9)13-7-10-8-15-4-5-16-10;/h9-10,12H,1-8H2,(H,13,14);1H. The first-order valence-electron chi connectivity index (χ1n) is 6.04. The molecule has 6 heteroatoms. The number of carbonyl (C=O) groups is 1. The molecule has 0 aromatic heterocycles. The Bertz CT molecular complexity index is 229. The van der Waals surface area contributed by atoms with Gasteiger partial charge in [0.05, 0.1) is 25.9 Å². The van der Waals surface area contributed by atoms with E-state index in [0.29, 0.717) is 38.8 Å². The Morgan fingerprint density at radius 1 is 1.41 bits per heavy atom. The van der Waals surface area contributed by atoms with Crippen molar-refractivity contribution in [2.75, 3.05) is 32.9 Å². The van der Waals surface area contributed by atoms with E-state index in [-0.39, 0.29) is 24.4 Å². The molecule has 2 atom stereocenters. The van der Waals surface area contributed by atoms with E-state index in [1.54, 1.807) is 0 Å². The Labute approximate surface area is 108 Å². The second-order valence-corrected chi connectivity index (χ2v) is 4.37. The second-order valence-electron chi connectivity index (χ2n) is 4.37. The number of amides is 1. The van der Waals surface area contributed by atoms with Crippen molar-refractivity contribution in [3.8, 4) is 0 Å².